The number of thioether (sulfide) groups is 1. The first kappa shape index (κ1) is 15.6. The van der Waals surface area contributed by atoms with Crippen molar-refractivity contribution in [1.82, 2.24) is 10.3 Å². The molecule has 110 valence electrons. The van der Waals surface area contributed by atoms with Crippen LogP contribution in [0.2, 0.25) is 5.15 Å². The van der Waals surface area contributed by atoms with Crippen LogP contribution >= 0.6 is 23.4 Å². The third-order valence-corrected chi connectivity index (χ3v) is 4.75. The first-order chi connectivity index (χ1) is 9.69. The van der Waals surface area contributed by atoms with E-state index in [-0.39, 0.29) is 5.91 Å². The van der Waals surface area contributed by atoms with Crippen molar-refractivity contribution in [1.29, 1.82) is 0 Å². The highest BCUT2D eigenvalue weighted by Gasteiger charge is 2.15. The molecule has 5 heteroatoms. The number of nitrogens with one attached hydrogen (secondary N) is 1. The van der Waals surface area contributed by atoms with Gasteiger partial charge >= 0.3 is 0 Å². The average molecular weight is 313 g/mol. The minimum atomic E-state index is -0.0371. The van der Waals surface area contributed by atoms with Crippen molar-refractivity contribution in [3.05, 3.63) is 28.5 Å². The highest BCUT2D eigenvalue weighted by molar-refractivity contribution is 7.99. The Labute approximate surface area is 129 Å². The summed E-state index contributed by atoms with van der Waals surface area (Å²) in [5.41, 5.74) is 1.51. The summed E-state index contributed by atoms with van der Waals surface area (Å²) in [5.74, 6) is 3.00. The Kier molecular flexibility index (Phi) is 6.17. The van der Waals surface area contributed by atoms with Gasteiger partial charge in [0, 0.05) is 17.8 Å². The summed E-state index contributed by atoms with van der Waals surface area (Å²) in [6.07, 6.45) is 4.24. The lowest BCUT2D eigenvalue weighted by Gasteiger charge is -2.21. The second kappa shape index (κ2) is 7.89. The van der Waals surface area contributed by atoms with Gasteiger partial charge in [-0.1, -0.05) is 24.9 Å². The van der Waals surface area contributed by atoms with Crippen LogP contribution in [-0.4, -0.2) is 28.9 Å². The van der Waals surface area contributed by atoms with E-state index in [4.69, 9.17) is 11.6 Å². The topological polar surface area (TPSA) is 42.0 Å². The maximum atomic E-state index is 12.2. The van der Waals surface area contributed by atoms with Crippen molar-refractivity contribution in [2.45, 2.75) is 32.6 Å². The minimum Gasteiger partial charge on any atom is -0.352 e. The summed E-state index contributed by atoms with van der Waals surface area (Å²) < 4.78 is 0. The molecule has 1 saturated heterocycles. The number of halogens is 1. The number of amides is 1. The molecule has 0 saturated carbocycles. The predicted molar refractivity (Wildman–Crippen MR) is 85.6 cm³/mol. The zero-order valence-corrected chi connectivity index (χ0v) is 13.4. The first-order valence-corrected chi connectivity index (χ1v) is 8.74. The summed E-state index contributed by atoms with van der Waals surface area (Å²) in [6, 6.07) is 3.49. The molecule has 20 heavy (non-hydrogen) atoms. The van der Waals surface area contributed by atoms with Crippen LogP contribution in [-0.2, 0) is 6.42 Å². The summed E-state index contributed by atoms with van der Waals surface area (Å²) in [5, 5.41) is 3.43. The van der Waals surface area contributed by atoms with Gasteiger partial charge in [-0.25, -0.2) is 4.98 Å². The lowest BCUT2D eigenvalue weighted by Crippen LogP contribution is -2.31. The van der Waals surface area contributed by atoms with Crippen LogP contribution in [0.3, 0.4) is 0 Å². The highest BCUT2D eigenvalue weighted by Crippen LogP contribution is 2.22. The number of rotatable bonds is 5. The van der Waals surface area contributed by atoms with Crippen molar-refractivity contribution in [2.75, 3.05) is 18.1 Å². The van der Waals surface area contributed by atoms with E-state index in [0.717, 1.165) is 25.1 Å². The highest BCUT2D eigenvalue weighted by atomic mass is 35.5. The van der Waals surface area contributed by atoms with Gasteiger partial charge in [0.25, 0.3) is 5.91 Å². The zero-order valence-electron chi connectivity index (χ0n) is 11.8. The monoisotopic (exact) mass is 312 g/mol. The van der Waals surface area contributed by atoms with Gasteiger partial charge in [-0.05, 0) is 48.8 Å². The molecule has 0 radical (unpaired) electrons. The van der Waals surface area contributed by atoms with Crippen molar-refractivity contribution in [3.8, 4) is 0 Å². The van der Waals surface area contributed by atoms with E-state index in [9.17, 15) is 4.79 Å². The number of hydrogen-bond acceptors (Lipinski definition) is 3. The van der Waals surface area contributed by atoms with E-state index < -0.39 is 0 Å². The second-order valence-corrected chi connectivity index (χ2v) is 6.80. The lowest BCUT2D eigenvalue weighted by molar-refractivity contribution is 0.0946. The molecule has 0 bridgehead atoms. The Morgan fingerprint density at radius 2 is 2.20 bits per heavy atom. The largest absolute Gasteiger partial charge is 0.352 e. The van der Waals surface area contributed by atoms with Crippen LogP contribution in [0.1, 0.15) is 42.2 Å². The molecule has 3 nitrogen and oxygen atoms in total. The quantitative estimate of drug-likeness (QED) is 0.845. The molecular formula is C15H21ClN2OS. The van der Waals surface area contributed by atoms with Gasteiger partial charge in [-0.2, -0.15) is 11.8 Å². The molecule has 1 aromatic rings. The molecule has 0 spiro atoms. The van der Waals surface area contributed by atoms with Gasteiger partial charge in [-0.15, -0.1) is 0 Å². The SMILES string of the molecule is CCCc1cc(C(=O)NCC2CCSCC2)cc(Cl)n1. The van der Waals surface area contributed by atoms with Crippen molar-refractivity contribution >= 4 is 29.3 Å². The van der Waals surface area contributed by atoms with E-state index in [2.05, 4.69) is 17.2 Å². The molecule has 2 rings (SSSR count). The summed E-state index contributed by atoms with van der Waals surface area (Å²) in [7, 11) is 0. The normalized spacial score (nSPS) is 16.1. The van der Waals surface area contributed by atoms with Gasteiger partial charge in [0.2, 0.25) is 0 Å². The molecule has 0 unspecified atom stereocenters. The molecule has 1 aromatic heterocycles. The van der Waals surface area contributed by atoms with Crippen molar-refractivity contribution < 1.29 is 4.79 Å². The maximum absolute atomic E-state index is 12.2. The van der Waals surface area contributed by atoms with Gasteiger partial charge < -0.3 is 5.32 Å². The number of pyridine rings is 1. The summed E-state index contributed by atoms with van der Waals surface area (Å²) in [4.78, 5) is 16.4. The van der Waals surface area contributed by atoms with E-state index in [1.807, 2.05) is 17.8 Å². The van der Waals surface area contributed by atoms with Crippen LogP contribution in [0.25, 0.3) is 0 Å². The molecule has 2 heterocycles. The Bertz CT molecular complexity index is 461. The maximum Gasteiger partial charge on any atom is 0.251 e. The van der Waals surface area contributed by atoms with Crippen molar-refractivity contribution in [3.63, 3.8) is 0 Å². The minimum absolute atomic E-state index is 0.0371. The van der Waals surface area contributed by atoms with Crippen LogP contribution in [0.5, 0.6) is 0 Å². The van der Waals surface area contributed by atoms with Gasteiger partial charge in [0.1, 0.15) is 5.15 Å². The van der Waals surface area contributed by atoms with Crippen LogP contribution in [0.4, 0.5) is 0 Å². The smallest absolute Gasteiger partial charge is 0.251 e. The number of hydrogen-bond donors (Lipinski definition) is 1. The first-order valence-electron chi connectivity index (χ1n) is 7.21. The van der Waals surface area contributed by atoms with Crippen LogP contribution in [0, 0.1) is 5.92 Å². The Balaban J connectivity index is 1.93. The molecule has 1 amide bonds. The number of carbonyl (C=O) groups excluding carboxylic acids is 1. The van der Waals surface area contributed by atoms with Gasteiger partial charge in [-0.3, -0.25) is 4.79 Å². The van der Waals surface area contributed by atoms with Gasteiger partial charge in [0.15, 0.2) is 0 Å². The molecule has 1 N–H and O–H groups in total. The third-order valence-electron chi connectivity index (χ3n) is 3.51. The summed E-state index contributed by atoms with van der Waals surface area (Å²) in [6.45, 7) is 2.85. The van der Waals surface area contributed by atoms with Gasteiger partial charge in [0.05, 0.1) is 0 Å². The fraction of sp³-hybridized carbons (Fsp3) is 0.600. The zero-order chi connectivity index (χ0) is 14.4. The van der Waals surface area contributed by atoms with E-state index in [1.165, 1.54) is 24.3 Å². The molecular weight excluding hydrogens is 292 g/mol. The summed E-state index contributed by atoms with van der Waals surface area (Å²) >= 11 is 7.99. The number of carbonyl (C=O) groups is 1. The fourth-order valence-electron chi connectivity index (χ4n) is 2.36. The van der Waals surface area contributed by atoms with E-state index >= 15 is 0 Å². The number of nitrogens with zero attached hydrogens (tertiary/aromatic N) is 1. The molecule has 0 aliphatic carbocycles. The van der Waals surface area contributed by atoms with Crippen molar-refractivity contribution in [2.24, 2.45) is 5.92 Å². The predicted octanol–water partition coefficient (Wildman–Crippen LogP) is 3.56. The average Bonchev–Trinajstić information content (AvgIpc) is 2.45. The molecule has 1 aliphatic heterocycles. The third kappa shape index (κ3) is 4.67. The Morgan fingerprint density at radius 1 is 1.45 bits per heavy atom. The fourth-order valence-corrected chi connectivity index (χ4v) is 3.79. The molecule has 1 fully saturated rings. The second-order valence-electron chi connectivity index (χ2n) is 5.19. The number of aryl methyl sites for hydroxylation is 1. The Hall–Kier alpha value is -0.740. The van der Waals surface area contributed by atoms with E-state index in [0.29, 0.717) is 16.6 Å². The lowest BCUT2D eigenvalue weighted by atomic mass is 10.0. The van der Waals surface area contributed by atoms with E-state index in [1.54, 1.807) is 6.07 Å². The molecule has 1 aliphatic rings. The van der Waals surface area contributed by atoms with Crippen LogP contribution in [0.15, 0.2) is 12.1 Å². The van der Waals surface area contributed by atoms with Crippen LogP contribution < -0.4 is 5.32 Å². The molecule has 0 atom stereocenters. The Morgan fingerprint density at radius 3 is 2.90 bits per heavy atom. The number of aromatic nitrogens is 1. The standard InChI is InChI=1S/C15H21ClN2OS/c1-2-3-13-8-12(9-14(16)18-13)15(19)17-10-11-4-6-20-7-5-11/h8-9,11H,2-7,10H2,1H3,(H,17,19). The molecule has 0 aromatic carbocycles.